The maximum atomic E-state index is 11.9. The lowest BCUT2D eigenvalue weighted by Gasteiger charge is -2.38. The highest BCUT2D eigenvalue weighted by Crippen LogP contribution is 2.35. The third-order valence-electron chi connectivity index (χ3n) is 3.28. The number of thiocarbonyl (C=S) groups is 1. The summed E-state index contributed by atoms with van der Waals surface area (Å²) >= 11 is 4.77. The predicted octanol–water partition coefficient (Wildman–Crippen LogP) is 0.960. The first-order chi connectivity index (χ1) is 6.98. The fourth-order valence-electron chi connectivity index (χ4n) is 2.03. The smallest absolute Gasteiger partial charge is 0.242 e. The summed E-state index contributed by atoms with van der Waals surface area (Å²) in [6, 6.07) is 0. The van der Waals surface area contributed by atoms with Crippen molar-refractivity contribution >= 4 is 29.1 Å². The molecule has 0 aromatic carbocycles. The lowest BCUT2D eigenvalue weighted by Crippen LogP contribution is -2.64. The minimum atomic E-state index is -0.961. The molecule has 4 nitrogen and oxygen atoms in total. The fourth-order valence-corrected chi connectivity index (χ4v) is 2.21. The molecule has 1 aliphatic rings. The van der Waals surface area contributed by atoms with Gasteiger partial charge in [-0.1, -0.05) is 27.2 Å². The molecule has 2 amide bonds. The molecule has 1 atom stereocenters. The van der Waals surface area contributed by atoms with Crippen LogP contribution in [-0.2, 0) is 9.59 Å². The third-order valence-corrected chi connectivity index (χ3v) is 3.48. The summed E-state index contributed by atoms with van der Waals surface area (Å²) < 4.78 is 0. The number of hydrogen-bond acceptors (Lipinski definition) is 3. The van der Waals surface area contributed by atoms with Crippen LogP contribution >= 0.6 is 12.2 Å². The van der Waals surface area contributed by atoms with Crippen molar-refractivity contribution in [1.29, 1.82) is 0 Å². The molecule has 0 aromatic rings. The van der Waals surface area contributed by atoms with Gasteiger partial charge in [0.05, 0.1) is 0 Å². The molecule has 0 saturated carbocycles. The number of rotatable bonds is 3. The normalized spacial score (nSPS) is 21.9. The number of nitrogens with one attached hydrogen (secondary N) is 2. The molecule has 15 heavy (non-hydrogen) atoms. The number of amides is 2. The van der Waals surface area contributed by atoms with Crippen molar-refractivity contribution in [3.05, 3.63) is 0 Å². The van der Waals surface area contributed by atoms with Crippen LogP contribution in [0.1, 0.15) is 33.6 Å². The zero-order valence-corrected chi connectivity index (χ0v) is 10.0. The third kappa shape index (κ3) is 1.76. The van der Waals surface area contributed by atoms with E-state index in [1.165, 1.54) is 0 Å². The van der Waals surface area contributed by atoms with Gasteiger partial charge in [-0.2, -0.15) is 0 Å². The van der Waals surface area contributed by atoms with Crippen LogP contribution in [0.25, 0.3) is 0 Å². The van der Waals surface area contributed by atoms with E-state index in [1.807, 2.05) is 20.8 Å². The molecule has 1 fully saturated rings. The summed E-state index contributed by atoms with van der Waals surface area (Å²) in [5.41, 5.74) is -0.961. The first-order valence-corrected chi connectivity index (χ1v) is 5.56. The van der Waals surface area contributed by atoms with E-state index in [1.54, 1.807) is 0 Å². The van der Waals surface area contributed by atoms with E-state index in [4.69, 9.17) is 12.2 Å². The van der Waals surface area contributed by atoms with E-state index in [-0.39, 0.29) is 22.8 Å². The van der Waals surface area contributed by atoms with Gasteiger partial charge in [0.1, 0.15) is 5.41 Å². The molecule has 0 spiro atoms. The molecule has 0 unspecified atom stereocenters. The Hall–Kier alpha value is -0.970. The van der Waals surface area contributed by atoms with Gasteiger partial charge in [-0.25, -0.2) is 0 Å². The quantitative estimate of drug-likeness (QED) is 0.559. The molecular weight excluding hydrogens is 212 g/mol. The molecule has 0 aromatic heterocycles. The highest BCUT2D eigenvalue weighted by Gasteiger charge is 2.51. The maximum absolute atomic E-state index is 11.9. The number of carbonyl (C=O) groups excluding carboxylic acids is 2. The minimum absolute atomic E-state index is 0.00519. The van der Waals surface area contributed by atoms with Gasteiger partial charge in [0, 0.05) is 0 Å². The van der Waals surface area contributed by atoms with Gasteiger partial charge in [0.25, 0.3) is 0 Å². The Balaban J connectivity index is 3.11. The molecular formula is C10H16N2O2S. The summed E-state index contributed by atoms with van der Waals surface area (Å²) in [7, 11) is 0. The first-order valence-electron chi connectivity index (χ1n) is 5.15. The van der Waals surface area contributed by atoms with E-state index < -0.39 is 5.41 Å². The van der Waals surface area contributed by atoms with Crippen molar-refractivity contribution in [3.8, 4) is 0 Å². The lowest BCUT2D eigenvalue weighted by atomic mass is 9.70. The van der Waals surface area contributed by atoms with E-state index >= 15 is 0 Å². The van der Waals surface area contributed by atoms with Gasteiger partial charge in [-0.05, 0) is 24.6 Å². The van der Waals surface area contributed by atoms with Crippen LogP contribution in [0.4, 0.5) is 0 Å². The largest absolute Gasteiger partial charge is 0.302 e. The molecule has 0 aliphatic carbocycles. The van der Waals surface area contributed by atoms with Crippen LogP contribution in [0.15, 0.2) is 0 Å². The summed E-state index contributed by atoms with van der Waals surface area (Å²) in [5.74, 6) is -0.535. The van der Waals surface area contributed by atoms with Crippen LogP contribution in [-0.4, -0.2) is 16.9 Å². The van der Waals surface area contributed by atoms with E-state index in [0.29, 0.717) is 6.42 Å². The SMILES string of the molecule is CC[C@@H](C)C1(CC)C(=O)NC(=S)NC1=O. The Labute approximate surface area is 94.8 Å². The van der Waals surface area contributed by atoms with Crippen molar-refractivity contribution in [2.75, 3.05) is 0 Å². The summed E-state index contributed by atoms with van der Waals surface area (Å²) in [4.78, 5) is 23.8. The van der Waals surface area contributed by atoms with Gasteiger partial charge in [-0.15, -0.1) is 0 Å². The summed E-state index contributed by atoms with van der Waals surface area (Å²) in [5, 5.41) is 5.16. The van der Waals surface area contributed by atoms with Gasteiger partial charge in [0.2, 0.25) is 11.8 Å². The van der Waals surface area contributed by atoms with E-state index in [0.717, 1.165) is 6.42 Å². The van der Waals surface area contributed by atoms with Crippen molar-refractivity contribution in [1.82, 2.24) is 10.6 Å². The number of hydrogen-bond donors (Lipinski definition) is 2. The highest BCUT2D eigenvalue weighted by molar-refractivity contribution is 7.80. The van der Waals surface area contributed by atoms with Crippen molar-refractivity contribution in [3.63, 3.8) is 0 Å². The molecule has 84 valence electrons. The monoisotopic (exact) mass is 228 g/mol. The van der Waals surface area contributed by atoms with Crippen LogP contribution in [0.5, 0.6) is 0 Å². The van der Waals surface area contributed by atoms with Crippen LogP contribution in [0.3, 0.4) is 0 Å². The number of carbonyl (C=O) groups is 2. The molecule has 0 bridgehead atoms. The Morgan fingerprint density at radius 2 is 1.73 bits per heavy atom. The van der Waals surface area contributed by atoms with Gasteiger partial charge in [-0.3, -0.25) is 9.59 Å². The van der Waals surface area contributed by atoms with Crippen LogP contribution < -0.4 is 10.6 Å². The average molecular weight is 228 g/mol. The minimum Gasteiger partial charge on any atom is -0.302 e. The molecule has 2 N–H and O–H groups in total. The first kappa shape index (κ1) is 12.1. The summed E-state index contributed by atoms with van der Waals surface area (Å²) in [6.07, 6.45) is 1.27. The second kappa shape index (κ2) is 4.26. The Morgan fingerprint density at radius 1 is 1.27 bits per heavy atom. The Morgan fingerprint density at radius 3 is 2.07 bits per heavy atom. The van der Waals surface area contributed by atoms with E-state index in [2.05, 4.69) is 10.6 Å². The second-order valence-corrected chi connectivity index (χ2v) is 4.28. The van der Waals surface area contributed by atoms with Crippen LogP contribution in [0, 0.1) is 11.3 Å². The molecule has 1 saturated heterocycles. The Kier molecular flexibility index (Phi) is 3.44. The molecule has 5 heteroatoms. The van der Waals surface area contributed by atoms with Crippen LogP contribution in [0.2, 0.25) is 0 Å². The predicted molar refractivity (Wildman–Crippen MR) is 61.1 cm³/mol. The van der Waals surface area contributed by atoms with Gasteiger partial charge >= 0.3 is 0 Å². The zero-order chi connectivity index (χ0) is 11.6. The zero-order valence-electron chi connectivity index (χ0n) is 9.22. The maximum Gasteiger partial charge on any atom is 0.242 e. The Bertz CT molecular complexity index is 295. The summed E-state index contributed by atoms with van der Waals surface area (Å²) in [6.45, 7) is 5.73. The highest BCUT2D eigenvalue weighted by atomic mass is 32.1. The lowest BCUT2D eigenvalue weighted by molar-refractivity contribution is -0.147. The van der Waals surface area contributed by atoms with E-state index in [9.17, 15) is 9.59 Å². The average Bonchev–Trinajstić information content (AvgIpc) is 2.17. The van der Waals surface area contributed by atoms with Gasteiger partial charge in [0.15, 0.2) is 5.11 Å². The fraction of sp³-hybridized carbons (Fsp3) is 0.700. The second-order valence-electron chi connectivity index (χ2n) is 3.87. The standard InChI is InChI=1S/C10H16N2O2S/c1-4-6(3)10(5-2)7(13)11-9(15)12-8(10)14/h6H,4-5H2,1-3H3,(H2,11,12,13,14,15)/t6-/m1/s1. The molecule has 1 heterocycles. The molecule has 0 radical (unpaired) electrons. The van der Waals surface area contributed by atoms with Gasteiger partial charge < -0.3 is 10.6 Å². The molecule has 1 aliphatic heterocycles. The topological polar surface area (TPSA) is 58.2 Å². The van der Waals surface area contributed by atoms with Crippen molar-refractivity contribution < 1.29 is 9.59 Å². The van der Waals surface area contributed by atoms with Crippen molar-refractivity contribution in [2.45, 2.75) is 33.6 Å². The molecule has 1 rings (SSSR count). The van der Waals surface area contributed by atoms with Crippen molar-refractivity contribution in [2.24, 2.45) is 11.3 Å².